The van der Waals surface area contributed by atoms with Crippen LogP contribution in [0.3, 0.4) is 0 Å². The van der Waals surface area contributed by atoms with Crippen molar-refractivity contribution in [1.29, 1.82) is 0 Å². The summed E-state index contributed by atoms with van der Waals surface area (Å²) in [7, 11) is 0. The molecule has 1 atom stereocenters. The van der Waals surface area contributed by atoms with Crippen molar-refractivity contribution >= 4 is 44.5 Å². The van der Waals surface area contributed by atoms with Gasteiger partial charge in [-0.15, -0.1) is 22.7 Å². The molecule has 0 aromatic carbocycles. The van der Waals surface area contributed by atoms with Crippen LogP contribution in [0, 0.1) is 0 Å². The van der Waals surface area contributed by atoms with Gasteiger partial charge in [-0.2, -0.15) is 0 Å². The van der Waals surface area contributed by atoms with Gasteiger partial charge in [0.25, 0.3) is 5.91 Å². The lowest BCUT2D eigenvalue weighted by Gasteiger charge is -2.01. The highest BCUT2D eigenvalue weighted by atomic mass is 79.9. The van der Waals surface area contributed by atoms with Gasteiger partial charge in [-0.05, 0) is 35.0 Å². The number of nitrogens with two attached hydrogens (primary N) is 1. The number of thiophene rings is 1. The quantitative estimate of drug-likeness (QED) is 0.894. The van der Waals surface area contributed by atoms with E-state index in [0.717, 1.165) is 13.7 Å². The fraction of sp³-hybridized carbons (Fsp3) is 0.273. The van der Waals surface area contributed by atoms with Crippen LogP contribution < -0.4 is 11.1 Å². The Labute approximate surface area is 121 Å². The van der Waals surface area contributed by atoms with E-state index in [9.17, 15) is 4.79 Å². The molecule has 0 aliphatic rings. The van der Waals surface area contributed by atoms with Gasteiger partial charge in [0.05, 0.1) is 16.4 Å². The summed E-state index contributed by atoms with van der Waals surface area (Å²) < 4.78 is 1.06. The molecule has 0 aliphatic carbocycles. The summed E-state index contributed by atoms with van der Waals surface area (Å²) >= 11 is 6.39. The molecule has 1 unspecified atom stereocenters. The number of amides is 1. The van der Waals surface area contributed by atoms with Crippen LogP contribution in [0.4, 0.5) is 0 Å². The average molecular weight is 346 g/mol. The minimum Gasteiger partial charge on any atom is -0.346 e. The molecule has 18 heavy (non-hydrogen) atoms. The number of carbonyl (C=O) groups excluding carboxylic acids is 1. The van der Waals surface area contributed by atoms with E-state index in [2.05, 4.69) is 26.2 Å². The van der Waals surface area contributed by atoms with Gasteiger partial charge in [-0.1, -0.05) is 0 Å². The number of carbonyl (C=O) groups is 1. The molecule has 0 saturated carbocycles. The van der Waals surface area contributed by atoms with Gasteiger partial charge in [0, 0.05) is 10.3 Å². The van der Waals surface area contributed by atoms with E-state index in [1.54, 1.807) is 16.7 Å². The predicted octanol–water partition coefficient (Wildman–Crippen LogP) is 2.92. The van der Waals surface area contributed by atoms with E-state index >= 15 is 0 Å². The summed E-state index contributed by atoms with van der Waals surface area (Å²) in [6, 6.07) is 3.80. The Morgan fingerprint density at radius 3 is 2.94 bits per heavy atom. The summed E-state index contributed by atoms with van der Waals surface area (Å²) in [5.74, 6) is -0.164. The highest BCUT2D eigenvalue weighted by Gasteiger charge is 2.12. The topological polar surface area (TPSA) is 68.0 Å². The van der Waals surface area contributed by atoms with E-state index < -0.39 is 0 Å². The van der Waals surface area contributed by atoms with Crippen molar-refractivity contribution in [2.75, 3.05) is 0 Å². The molecule has 2 aromatic heterocycles. The lowest BCUT2D eigenvalue weighted by Crippen LogP contribution is -2.22. The van der Waals surface area contributed by atoms with Gasteiger partial charge >= 0.3 is 0 Å². The summed E-state index contributed by atoms with van der Waals surface area (Å²) in [5.41, 5.74) is 6.14. The summed E-state index contributed by atoms with van der Waals surface area (Å²) in [6.45, 7) is 2.36. The normalized spacial score (nSPS) is 12.4. The third-order valence-electron chi connectivity index (χ3n) is 2.20. The first-order valence-electron chi connectivity index (χ1n) is 5.29. The van der Waals surface area contributed by atoms with Crippen molar-refractivity contribution in [2.45, 2.75) is 19.5 Å². The lowest BCUT2D eigenvalue weighted by molar-refractivity contribution is 0.0947. The van der Waals surface area contributed by atoms with Crippen LogP contribution in [0.25, 0.3) is 0 Å². The zero-order valence-corrected chi connectivity index (χ0v) is 12.9. The summed E-state index contributed by atoms with van der Waals surface area (Å²) in [4.78, 5) is 17.1. The number of nitrogens with one attached hydrogen (secondary N) is 1. The zero-order chi connectivity index (χ0) is 13.1. The molecule has 0 bridgehead atoms. The van der Waals surface area contributed by atoms with Crippen LogP contribution in [0.5, 0.6) is 0 Å². The number of thiazole rings is 1. The molecule has 2 aromatic rings. The minimum atomic E-state index is -0.164. The van der Waals surface area contributed by atoms with E-state index in [1.807, 2.05) is 19.1 Å². The molecule has 2 rings (SSSR count). The number of rotatable bonds is 4. The molecule has 1 amide bonds. The van der Waals surface area contributed by atoms with Crippen molar-refractivity contribution in [2.24, 2.45) is 5.73 Å². The second-order valence-electron chi connectivity index (χ2n) is 3.75. The van der Waals surface area contributed by atoms with E-state index in [0.29, 0.717) is 12.2 Å². The Hall–Kier alpha value is -0.760. The van der Waals surface area contributed by atoms with Gasteiger partial charge in [0.15, 0.2) is 0 Å². The first kappa shape index (κ1) is 13.7. The predicted molar refractivity (Wildman–Crippen MR) is 77.9 cm³/mol. The highest BCUT2D eigenvalue weighted by Crippen LogP contribution is 2.22. The number of halogens is 1. The second kappa shape index (κ2) is 5.92. The largest absolute Gasteiger partial charge is 0.346 e. The number of hydrogen-bond donors (Lipinski definition) is 2. The Morgan fingerprint density at radius 2 is 2.39 bits per heavy atom. The minimum absolute atomic E-state index is 0.134. The molecule has 2 heterocycles. The maximum Gasteiger partial charge on any atom is 0.271 e. The maximum absolute atomic E-state index is 11.8. The van der Waals surface area contributed by atoms with Crippen LogP contribution >= 0.6 is 38.6 Å². The summed E-state index contributed by atoms with van der Waals surface area (Å²) in [6.07, 6.45) is 0. The van der Waals surface area contributed by atoms with Crippen LogP contribution in [-0.4, -0.2) is 10.9 Å². The molecule has 0 saturated heterocycles. The van der Waals surface area contributed by atoms with Crippen molar-refractivity contribution in [3.05, 3.63) is 36.9 Å². The van der Waals surface area contributed by atoms with Crippen LogP contribution in [-0.2, 0) is 6.54 Å². The maximum atomic E-state index is 11.8. The first-order chi connectivity index (χ1) is 8.56. The Bertz CT molecular complexity index is 550. The highest BCUT2D eigenvalue weighted by molar-refractivity contribution is 9.11. The Kier molecular flexibility index (Phi) is 4.50. The molecule has 0 spiro atoms. The van der Waals surface area contributed by atoms with Crippen molar-refractivity contribution in [3.8, 4) is 0 Å². The van der Waals surface area contributed by atoms with Gasteiger partial charge in [-0.25, -0.2) is 4.98 Å². The van der Waals surface area contributed by atoms with E-state index in [-0.39, 0.29) is 11.9 Å². The monoisotopic (exact) mass is 345 g/mol. The number of nitrogens with zero attached hydrogens (tertiary/aromatic N) is 1. The molecular formula is C11H12BrN3OS2. The van der Waals surface area contributed by atoms with Crippen LogP contribution in [0.2, 0.25) is 0 Å². The second-order valence-corrected chi connectivity index (χ2v) is 7.19. The van der Waals surface area contributed by atoms with Gasteiger partial charge in [0.1, 0.15) is 10.7 Å². The fourth-order valence-corrected chi connectivity index (χ4v) is 3.49. The zero-order valence-electron chi connectivity index (χ0n) is 9.64. The molecule has 96 valence electrons. The molecule has 0 radical (unpaired) electrons. The molecule has 0 aliphatic heterocycles. The molecule has 7 heteroatoms. The smallest absolute Gasteiger partial charge is 0.271 e. The Morgan fingerprint density at radius 1 is 1.61 bits per heavy atom. The van der Waals surface area contributed by atoms with Crippen molar-refractivity contribution in [3.63, 3.8) is 0 Å². The SMILES string of the molecule is CC(N)c1nc(C(=O)NCc2ccc(Br)s2)cs1. The van der Waals surface area contributed by atoms with Crippen LogP contribution in [0.15, 0.2) is 21.3 Å². The number of aromatic nitrogens is 1. The molecule has 0 fully saturated rings. The third-order valence-corrected chi connectivity index (χ3v) is 4.87. The molecule has 4 nitrogen and oxygen atoms in total. The van der Waals surface area contributed by atoms with Gasteiger partial charge in [0.2, 0.25) is 0 Å². The summed E-state index contributed by atoms with van der Waals surface area (Å²) in [5, 5.41) is 5.35. The van der Waals surface area contributed by atoms with Gasteiger partial charge in [-0.3, -0.25) is 4.79 Å². The number of hydrogen-bond acceptors (Lipinski definition) is 5. The lowest BCUT2D eigenvalue weighted by atomic mass is 10.4. The third kappa shape index (κ3) is 3.38. The first-order valence-corrected chi connectivity index (χ1v) is 7.78. The van der Waals surface area contributed by atoms with E-state index in [1.165, 1.54) is 11.3 Å². The van der Waals surface area contributed by atoms with Gasteiger partial charge < -0.3 is 11.1 Å². The fourth-order valence-electron chi connectivity index (χ4n) is 1.31. The van der Waals surface area contributed by atoms with Crippen LogP contribution in [0.1, 0.15) is 33.3 Å². The molecule has 3 N–H and O–H groups in total. The molecular weight excluding hydrogens is 334 g/mol. The van der Waals surface area contributed by atoms with Crippen molar-refractivity contribution < 1.29 is 4.79 Å². The Balaban J connectivity index is 1.95. The van der Waals surface area contributed by atoms with E-state index in [4.69, 9.17) is 5.73 Å². The standard InChI is InChI=1S/C11H12BrN3OS2/c1-6(13)11-15-8(5-17-11)10(16)14-4-7-2-3-9(12)18-7/h2-3,5-6H,4,13H2,1H3,(H,14,16). The van der Waals surface area contributed by atoms with Crippen molar-refractivity contribution in [1.82, 2.24) is 10.3 Å². The average Bonchev–Trinajstić information content (AvgIpc) is 2.94.